The lowest BCUT2D eigenvalue weighted by atomic mass is 10.2. The molecule has 0 bridgehead atoms. The van der Waals surface area contributed by atoms with Crippen LogP contribution in [0.1, 0.15) is 16.8 Å². The molecule has 1 atom stereocenters. The Bertz CT molecular complexity index is 918. The van der Waals surface area contributed by atoms with Crippen molar-refractivity contribution in [1.82, 2.24) is 0 Å². The highest BCUT2D eigenvalue weighted by Crippen LogP contribution is 2.33. The number of benzene rings is 2. The van der Waals surface area contributed by atoms with Crippen molar-refractivity contribution in [2.24, 2.45) is 0 Å². The van der Waals surface area contributed by atoms with Crippen LogP contribution in [0.25, 0.3) is 0 Å². The summed E-state index contributed by atoms with van der Waals surface area (Å²) in [5.41, 5.74) is 0.830. The van der Waals surface area contributed by atoms with Crippen LogP contribution in [-0.2, 0) is 9.84 Å². The van der Waals surface area contributed by atoms with Gasteiger partial charge in [0.2, 0.25) is 0 Å². The van der Waals surface area contributed by atoms with Gasteiger partial charge in [-0.1, -0.05) is 23.7 Å². The largest absolute Gasteiger partial charge is 0.322 e. The second kappa shape index (κ2) is 7.35. The summed E-state index contributed by atoms with van der Waals surface area (Å²) in [5.74, 6) is -0.599. The molecule has 2 aromatic carbocycles. The maximum Gasteiger partial charge on any atom is 0.256 e. The Morgan fingerprint density at radius 3 is 2.68 bits per heavy atom. The summed E-state index contributed by atoms with van der Waals surface area (Å²) in [5, 5.41) is 2.56. The Balaban J connectivity index is 1.77. The van der Waals surface area contributed by atoms with Gasteiger partial charge in [-0.2, -0.15) is 0 Å². The lowest BCUT2D eigenvalue weighted by molar-refractivity contribution is 0.102. The number of carbonyl (C=O) groups excluding carboxylic acids is 1. The molecule has 1 heterocycles. The second-order valence-corrected chi connectivity index (χ2v) is 9.70. The van der Waals surface area contributed by atoms with E-state index in [1.54, 1.807) is 24.3 Å². The van der Waals surface area contributed by atoms with Crippen LogP contribution in [0.5, 0.6) is 0 Å². The minimum atomic E-state index is -2.98. The zero-order chi connectivity index (χ0) is 18.0. The van der Waals surface area contributed by atoms with Crippen LogP contribution < -0.4 is 5.32 Å². The quantitative estimate of drug-likeness (QED) is 0.843. The van der Waals surface area contributed by atoms with Crippen LogP contribution in [-0.4, -0.2) is 31.1 Å². The highest BCUT2D eigenvalue weighted by molar-refractivity contribution is 8.02. The summed E-state index contributed by atoms with van der Waals surface area (Å²) >= 11 is 7.13. The van der Waals surface area contributed by atoms with E-state index in [0.717, 1.165) is 4.90 Å². The van der Waals surface area contributed by atoms with Crippen LogP contribution in [0.2, 0.25) is 5.02 Å². The van der Waals surface area contributed by atoms with E-state index in [2.05, 4.69) is 5.32 Å². The highest BCUT2D eigenvalue weighted by atomic mass is 35.5. The molecule has 1 unspecified atom stereocenters. The predicted octanol–water partition coefficient (Wildman–Crippen LogP) is 4.01. The summed E-state index contributed by atoms with van der Waals surface area (Å²) in [6, 6.07) is 11.0. The first-order valence-corrected chi connectivity index (χ1v) is 10.6. The third-order valence-corrected chi connectivity index (χ3v) is 7.41. The van der Waals surface area contributed by atoms with E-state index in [0.29, 0.717) is 17.7 Å². The number of sulfone groups is 1. The van der Waals surface area contributed by atoms with Crippen molar-refractivity contribution >= 4 is 44.8 Å². The van der Waals surface area contributed by atoms with Crippen LogP contribution >= 0.6 is 23.4 Å². The molecule has 8 heteroatoms. The second-order valence-electron chi connectivity index (χ2n) is 5.72. The molecule has 1 saturated heterocycles. The maximum absolute atomic E-state index is 13.2. The standard InChI is InChI=1S/C17H15ClFNO3S2/c18-14-9-11(5-6-15(14)19)20-17(21)13-3-1-2-4-16(13)24-12-7-8-25(22,23)10-12/h1-6,9,12H,7-8,10H2,(H,20,21). The Morgan fingerprint density at radius 1 is 1.24 bits per heavy atom. The predicted molar refractivity (Wildman–Crippen MR) is 98.7 cm³/mol. The van der Waals surface area contributed by atoms with Gasteiger partial charge in [0.25, 0.3) is 5.91 Å². The monoisotopic (exact) mass is 399 g/mol. The van der Waals surface area contributed by atoms with Crippen LogP contribution in [0, 0.1) is 5.82 Å². The zero-order valence-corrected chi connectivity index (χ0v) is 15.4. The van der Waals surface area contributed by atoms with Gasteiger partial charge < -0.3 is 5.32 Å². The minimum Gasteiger partial charge on any atom is -0.322 e. The van der Waals surface area contributed by atoms with E-state index in [9.17, 15) is 17.6 Å². The van der Waals surface area contributed by atoms with Gasteiger partial charge in [-0.15, -0.1) is 11.8 Å². The lowest BCUT2D eigenvalue weighted by Gasteiger charge is -2.13. The van der Waals surface area contributed by atoms with Crippen molar-refractivity contribution < 1.29 is 17.6 Å². The number of carbonyl (C=O) groups is 1. The molecule has 0 aliphatic carbocycles. The molecule has 25 heavy (non-hydrogen) atoms. The van der Waals surface area contributed by atoms with Gasteiger partial charge in [0.1, 0.15) is 5.82 Å². The molecule has 2 aromatic rings. The Hall–Kier alpha value is -1.57. The first-order chi connectivity index (χ1) is 11.8. The van der Waals surface area contributed by atoms with E-state index < -0.39 is 15.7 Å². The van der Waals surface area contributed by atoms with E-state index in [-0.39, 0.29) is 27.7 Å². The SMILES string of the molecule is O=C(Nc1ccc(F)c(Cl)c1)c1ccccc1SC1CCS(=O)(=O)C1. The maximum atomic E-state index is 13.2. The van der Waals surface area contributed by atoms with Gasteiger partial charge >= 0.3 is 0 Å². The number of hydrogen-bond acceptors (Lipinski definition) is 4. The molecule has 1 N–H and O–H groups in total. The number of rotatable bonds is 4. The number of nitrogens with one attached hydrogen (secondary N) is 1. The third kappa shape index (κ3) is 4.54. The van der Waals surface area contributed by atoms with Crippen molar-refractivity contribution in [3.8, 4) is 0 Å². The number of halogens is 2. The zero-order valence-electron chi connectivity index (χ0n) is 13.0. The molecule has 1 amide bonds. The minimum absolute atomic E-state index is 0.0563. The first-order valence-electron chi connectivity index (χ1n) is 7.56. The Kier molecular flexibility index (Phi) is 5.36. The van der Waals surface area contributed by atoms with Crippen LogP contribution in [0.3, 0.4) is 0 Å². The number of anilines is 1. The molecule has 0 radical (unpaired) electrons. The summed E-state index contributed by atoms with van der Waals surface area (Å²) in [6.45, 7) is 0. The van der Waals surface area contributed by atoms with Gasteiger partial charge in [-0.3, -0.25) is 4.79 Å². The van der Waals surface area contributed by atoms with Crippen molar-refractivity contribution in [2.75, 3.05) is 16.8 Å². The van der Waals surface area contributed by atoms with E-state index in [1.165, 1.54) is 30.0 Å². The van der Waals surface area contributed by atoms with Gasteiger partial charge in [-0.25, -0.2) is 12.8 Å². The van der Waals surface area contributed by atoms with Gasteiger partial charge in [0.15, 0.2) is 9.84 Å². The highest BCUT2D eigenvalue weighted by Gasteiger charge is 2.29. The molecule has 3 rings (SSSR count). The van der Waals surface area contributed by atoms with Gasteiger partial charge in [0.05, 0.1) is 22.1 Å². The summed E-state index contributed by atoms with van der Waals surface area (Å²) in [7, 11) is -2.98. The average molecular weight is 400 g/mol. The van der Waals surface area contributed by atoms with Crippen LogP contribution in [0.15, 0.2) is 47.4 Å². The average Bonchev–Trinajstić information content (AvgIpc) is 2.90. The van der Waals surface area contributed by atoms with Gasteiger partial charge in [0, 0.05) is 15.8 Å². The molecular formula is C17H15ClFNO3S2. The Labute approximate surface area is 154 Å². The fraction of sp³-hybridized carbons (Fsp3) is 0.235. The summed E-state index contributed by atoms with van der Waals surface area (Å²) in [6.07, 6.45) is 0.580. The molecule has 4 nitrogen and oxygen atoms in total. The third-order valence-electron chi connectivity index (χ3n) is 3.79. The Morgan fingerprint density at radius 2 is 2.00 bits per heavy atom. The van der Waals surface area contributed by atoms with E-state index in [4.69, 9.17) is 11.6 Å². The first kappa shape index (κ1) is 18.2. The van der Waals surface area contributed by atoms with Crippen molar-refractivity contribution in [3.63, 3.8) is 0 Å². The van der Waals surface area contributed by atoms with Crippen LogP contribution in [0.4, 0.5) is 10.1 Å². The molecule has 132 valence electrons. The number of thioether (sulfide) groups is 1. The molecule has 0 aromatic heterocycles. The topological polar surface area (TPSA) is 63.2 Å². The molecule has 1 aliphatic heterocycles. The number of amides is 1. The van der Waals surface area contributed by atoms with E-state index >= 15 is 0 Å². The molecule has 1 aliphatic rings. The molecular weight excluding hydrogens is 385 g/mol. The van der Waals surface area contributed by atoms with Crippen molar-refractivity contribution in [3.05, 3.63) is 58.9 Å². The normalized spacial score (nSPS) is 18.9. The fourth-order valence-electron chi connectivity index (χ4n) is 2.56. The van der Waals surface area contributed by atoms with Crippen molar-refractivity contribution in [1.29, 1.82) is 0 Å². The molecule has 0 spiro atoms. The molecule has 1 fully saturated rings. The van der Waals surface area contributed by atoms with Crippen molar-refractivity contribution in [2.45, 2.75) is 16.6 Å². The molecule has 0 saturated carbocycles. The summed E-state index contributed by atoms with van der Waals surface area (Å²) < 4.78 is 36.4. The summed E-state index contributed by atoms with van der Waals surface area (Å²) in [4.78, 5) is 13.3. The number of hydrogen-bond donors (Lipinski definition) is 1. The lowest BCUT2D eigenvalue weighted by Crippen LogP contribution is -2.14. The smallest absolute Gasteiger partial charge is 0.256 e. The fourth-order valence-corrected chi connectivity index (χ4v) is 6.37. The van der Waals surface area contributed by atoms with E-state index in [1.807, 2.05) is 0 Å². The van der Waals surface area contributed by atoms with Gasteiger partial charge in [-0.05, 0) is 36.8 Å².